The van der Waals surface area contributed by atoms with Gasteiger partial charge in [-0.2, -0.15) is 0 Å². The first-order chi connectivity index (χ1) is 12.2. The van der Waals surface area contributed by atoms with Gasteiger partial charge in [0.2, 0.25) is 5.91 Å². The Morgan fingerprint density at radius 3 is 2.19 bits per heavy atom. The summed E-state index contributed by atoms with van der Waals surface area (Å²) in [5.74, 6) is -2.49. The number of amides is 2. The molecule has 8 heteroatoms. The second kappa shape index (κ2) is 8.16. The van der Waals surface area contributed by atoms with E-state index in [0.717, 1.165) is 5.69 Å². The molecule has 26 heavy (non-hydrogen) atoms. The highest BCUT2D eigenvalue weighted by atomic mass is 19.1. The first-order valence-corrected chi connectivity index (χ1v) is 8.45. The SMILES string of the molecule is CC(C)(C)OC(=O)C(=O)NCC(=O)N1CCN(c2ccc(F)cc2)CC1. The van der Waals surface area contributed by atoms with Gasteiger partial charge in [-0.25, -0.2) is 9.18 Å². The Balaban J connectivity index is 1.77. The second-order valence-corrected chi connectivity index (χ2v) is 7.03. The monoisotopic (exact) mass is 365 g/mol. The third kappa shape index (κ3) is 5.72. The summed E-state index contributed by atoms with van der Waals surface area (Å²) in [6.07, 6.45) is 0. The van der Waals surface area contributed by atoms with Gasteiger partial charge in [0.15, 0.2) is 0 Å². The fourth-order valence-electron chi connectivity index (χ4n) is 2.53. The first-order valence-electron chi connectivity index (χ1n) is 8.45. The fourth-order valence-corrected chi connectivity index (χ4v) is 2.53. The normalized spacial score (nSPS) is 14.8. The summed E-state index contributed by atoms with van der Waals surface area (Å²) in [6, 6.07) is 6.21. The number of carbonyl (C=O) groups excluding carboxylic acids is 3. The van der Waals surface area contributed by atoms with E-state index in [-0.39, 0.29) is 18.3 Å². The smallest absolute Gasteiger partial charge is 0.397 e. The maximum Gasteiger partial charge on any atom is 0.397 e. The summed E-state index contributed by atoms with van der Waals surface area (Å²) < 4.78 is 17.9. The molecule has 0 radical (unpaired) electrons. The maximum atomic E-state index is 13.0. The minimum absolute atomic E-state index is 0.255. The summed E-state index contributed by atoms with van der Waals surface area (Å²) >= 11 is 0. The van der Waals surface area contributed by atoms with Gasteiger partial charge >= 0.3 is 11.9 Å². The van der Waals surface area contributed by atoms with Gasteiger partial charge in [-0.15, -0.1) is 0 Å². The van der Waals surface area contributed by atoms with Gasteiger partial charge < -0.3 is 19.9 Å². The van der Waals surface area contributed by atoms with Crippen LogP contribution < -0.4 is 10.2 Å². The Hall–Kier alpha value is -2.64. The Morgan fingerprint density at radius 1 is 1.08 bits per heavy atom. The molecule has 1 aliphatic heterocycles. The van der Waals surface area contributed by atoms with E-state index in [2.05, 4.69) is 10.2 Å². The lowest BCUT2D eigenvalue weighted by molar-refractivity contribution is -0.163. The van der Waals surface area contributed by atoms with Gasteiger partial charge in [-0.3, -0.25) is 9.59 Å². The number of anilines is 1. The van der Waals surface area contributed by atoms with Crippen LogP contribution in [0.2, 0.25) is 0 Å². The van der Waals surface area contributed by atoms with E-state index >= 15 is 0 Å². The largest absolute Gasteiger partial charge is 0.453 e. The molecule has 1 fully saturated rings. The van der Waals surface area contributed by atoms with Crippen molar-refractivity contribution in [3.63, 3.8) is 0 Å². The highest BCUT2D eigenvalue weighted by Gasteiger charge is 2.25. The fraction of sp³-hybridized carbons (Fsp3) is 0.500. The van der Waals surface area contributed by atoms with Crippen LogP contribution in [-0.2, 0) is 19.1 Å². The summed E-state index contributed by atoms with van der Waals surface area (Å²) in [7, 11) is 0. The van der Waals surface area contributed by atoms with Crippen LogP contribution in [0.1, 0.15) is 20.8 Å². The van der Waals surface area contributed by atoms with Gasteiger partial charge in [0.1, 0.15) is 11.4 Å². The van der Waals surface area contributed by atoms with Crippen LogP contribution in [0.4, 0.5) is 10.1 Å². The minimum atomic E-state index is -1.01. The summed E-state index contributed by atoms with van der Waals surface area (Å²) in [5.41, 5.74) is 0.131. The van der Waals surface area contributed by atoms with E-state index < -0.39 is 17.5 Å². The van der Waals surface area contributed by atoms with E-state index in [1.54, 1.807) is 37.8 Å². The molecule has 0 bridgehead atoms. The van der Waals surface area contributed by atoms with Crippen LogP contribution >= 0.6 is 0 Å². The van der Waals surface area contributed by atoms with Crippen LogP contribution in [-0.4, -0.2) is 61.0 Å². The predicted molar refractivity (Wildman–Crippen MR) is 94.0 cm³/mol. The topological polar surface area (TPSA) is 78.9 Å². The quantitative estimate of drug-likeness (QED) is 0.637. The second-order valence-electron chi connectivity index (χ2n) is 7.03. The zero-order valence-corrected chi connectivity index (χ0v) is 15.3. The lowest BCUT2D eigenvalue weighted by Crippen LogP contribution is -2.51. The highest BCUT2D eigenvalue weighted by Crippen LogP contribution is 2.16. The average molecular weight is 365 g/mol. The number of halogens is 1. The molecule has 0 atom stereocenters. The lowest BCUT2D eigenvalue weighted by atomic mass is 10.2. The third-order valence-corrected chi connectivity index (χ3v) is 3.81. The standard InChI is InChI=1S/C18H24FN3O4/c1-18(2,3)26-17(25)16(24)20-12-15(23)22-10-8-21(9-11-22)14-6-4-13(19)5-7-14/h4-7H,8-12H2,1-3H3,(H,20,24). The van der Waals surface area contributed by atoms with Crippen LogP contribution in [0.5, 0.6) is 0 Å². The van der Waals surface area contributed by atoms with E-state index in [9.17, 15) is 18.8 Å². The Bertz CT molecular complexity index is 662. The van der Waals surface area contributed by atoms with Crippen LogP contribution in [0, 0.1) is 5.82 Å². The zero-order chi connectivity index (χ0) is 19.3. The molecular formula is C18H24FN3O4. The average Bonchev–Trinajstić information content (AvgIpc) is 2.58. The van der Waals surface area contributed by atoms with Crippen molar-refractivity contribution in [1.82, 2.24) is 10.2 Å². The molecule has 7 nitrogen and oxygen atoms in total. The minimum Gasteiger partial charge on any atom is -0.453 e. The van der Waals surface area contributed by atoms with Crippen LogP contribution in [0.3, 0.4) is 0 Å². The molecular weight excluding hydrogens is 341 g/mol. The van der Waals surface area contributed by atoms with Crippen molar-refractivity contribution in [1.29, 1.82) is 0 Å². The van der Waals surface area contributed by atoms with Gasteiger partial charge in [0.05, 0.1) is 6.54 Å². The number of piperazine rings is 1. The highest BCUT2D eigenvalue weighted by molar-refractivity contribution is 6.32. The number of benzene rings is 1. The van der Waals surface area contributed by atoms with Crippen molar-refractivity contribution < 1.29 is 23.5 Å². The number of carbonyl (C=O) groups is 3. The number of ether oxygens (including phenoxy) is 1. The molecule has 0 saturated carbocycles. The maximum absolute atomic E-state index is 13.0. The molecule has 0 spiro atoms. The molecule has 0 aliphatic carbocycles. The number of nitrogens with zero attached hydrogens (tertiary/aromatic N) is 2. The first kappa shape index (κ1) is 19.7. The number of nitrogens with one attached hydrogen (secondary N) is 1. The molecule has 1 heterocycles. The molecule has 142 valence electrons. The third-order valence-electron chi connectivity index (χ3n) is 3.81. The van der Waals surface area contributed by atoms with Crippen molar-refractivity contribution >= 4 is 23.5 Å². The Morgan fingerprint density at radius 2 is 1.65 bits per heavy atom. The molecule has 0 aromatic heterocycles. The molecule has 1 N–H and O–H groups in total. The van der Waals surface area contributed by atoms with E-state index in [1.165, 1.54) is 12.1 Å². The number of hydrogen-bond acceptors (Lipinski definition) is 5. The van der Waals surface area contributed by atoms with Gasteiger partial charge in [-0.05, 0) is 45.0 Å². The van der Waals surface area contributed by atoms with Gasteiger partial charge in [-0.1, -0.05) is 0 Å². The molecule has 0 unspecified atom stereocenters. The van der Waals surface area contributed by atoms with Crippen molar-refractivity contribution in [2.24, 2.45) is 0 Å². The van der Waals surface area contributed by atoms with Crippen molar-refractivity contribution in [3.05, 3.63) is 30.1 Å². The summed E-state index contributed by atoms with van der Waals surface area (Å²) in [5, 5.41) is 2.29. The van der Waals surface area contributed by atoms with Crippen molar-refractivity contribution in [2.45, 2.75) is 26.4 Å². The summed E-state index contributed by atoms with van der Waals surface area (Å²) in [6.45, 7) is 6.90. The van der Waals surface area contributed by atoms with E-state index in [4.69, 9.17) is 4.74 Å². The van der Waals surface area contributed by atoms with Gasteiger partial charge in [0.25, 0.3) is 0 Å². The summed E-state index contributed by atoms with van der Waals surface area (Å²) in [4.78, 5) is 39.1. The zero-order valence-electron chi connectivity index (χ0n) is 15.3. The Labute approximate surface area is 152 Å². The van der Waals surface area contributed by atoms with E-state index in [1.807, 2.05) is 0 Å². The van der Waals surface area contributed by atoms with E-state index in [0.29, 0.717) is 26.2 Å². The molecule has 1 aromatic carbocycles. The lowest BCUT2D eigenvalue weighted by Gasteiger charge is -2.36. The number of esters is 1. The van der Waals surface area contributed by atoms with Crippen molar-refractivity contribution in [3.8, 4) is 0 Å². The molecule has 1 aliphatic rings. The predicted octanol–water partition coefficient (Wildman–Crippen LogP) is 0.932. The molecule has 1 saturated heterocycles. The number of hydrogen-bond donors (Lipinski definition) is 1. The Kier molecular flexibility index (Phi) is 6.18. The number of rotatable bonds is 3. The van der Waals surface area contributed by atoms with Crippen LogP contribution in [0.15, 0.2) is 24.3 Å². The van der Waals surface area contributed by atoms with Gasteiger partial charge in [0, 0.05) is 31.9 Å². The van der Waals surface area contributed by atoms with Crippen LogP contribution in [0.25, 0.3) is 0 Å². The molecule has 2 amide bonds. The molecule has 2 rings (SSSR count). The van der Waals surface area contributed by atoms with Crippen molar-refractivity contribution in [2.75, 3.05) is 37.6 Å². The molecule has 1 aromatic rings.